The van der Waals surface area contributed by atoms with Crippen LogP contribution in [0.4, 0.5) is 27.1 Å². The molecule has 0 unspecified atom stereocenters. The number of amides is 1. The Morgan fingerprint density at radius 3 is 2.36 bits per heavy atom. The summed E-state index contributed by atoms with van der Waals surface area (Å²) >= 11 is 0.653. The highest BCUT2D eigenvalue weighted by Gasteiger charge is 2.32. The van der Waals surface area contributed by atoms with Gasteiger partial charge in [-0.25, -0.2) is 22.2 Å². The molecule has 3 aromatic rings. The van der Waals surface area contributed by atoms with Crippen molar-refractivity contribution in [3.63, 3.8) is 0 Å². The monoisotopic (exact) mass is 508 g/mol. The molecule has 0 saturated carbocycles. The lowest BCUT2D eigenvalue weighted by molar-refractivity contribution is -0.137. The van der Waals surface area contributed by atoms with Gasteiger partial charge in [0, 0.05) is 43.3 Å². The van der Waals surface area contributed by atoms with Gasteiger partial charge in [0.2, 0.25) is 5.13 Å². The fourth-order valence-electron chi connectivity index (χ4n) is 2.51. The molecular weight excluding hydrogens is 495 g/mol. The average Bonchev–Trinajstić information content (AvgIpc) is 3.21. The van der Waals surface area contributed by atoms with E-state index >= 15 is 0 Å². The summed E-state index contributed by atoms with van der Waals surface area (Å²) in [5.41, 5.74) is -1.67. The number of ether oxygens (including phenoxy) is 1. The zero-order valence-electron chi connectivity index (χ0n) is 16.6. The van der Waals surface area contributed by atoms with Crippen LogP contribution in [0.1, 0.15) is 15.9 Å². The number of carbonyl (C=O) groups is 1. The van der Waals surface area contributed by atoms with Crippen molar-refractivity contribution in [2.45, 2.75) is 11.1 Å². The first kappa shape index (κ1) is 24.3. The van der Waals surface area contributed by atoms with Crippen molar-refractivity contribution in [2.24, 2.45) is 0 Å². The minimum absolute atomic E-state index is 0.197. The fraction of sp³-hybridized carbons (Fsp3) is 0.167. The Morgan fingerprint density at radius 1 is 1.09 bits per heavy atom. The first-order valence-electron chi connectivity index (χ1n) is 8.68. The van der Waals surface area contributed by atoms with Gasteiger partial charge in [0.1, 0.15) is 22.8 Å². The highest BCUT2D eigenvalue weighted by atomic mass is 32.2. The van der Waals surface area contributed by atoms with E-state index in [9.17, 15) is 35.2 Å². The van der Waals surface area contributed by atoms with Crippen LogP contribution in [0.15, 0.2) is 41.6 Å². The normalized spacial score (nSPS) is 11.8. The molecule has 3 rings (SSSR count). The predicted molar refractivity (Wildman–Crippen MR) is 107 cm³/mol. The van der Waals surface area contributed by atoms with Crippen LogP contribution >= 0.6 is 11.5 Å². The third kappa shape index (κ3) is 5.54. The molecule has 0 fully saturated rings. The Morgan fingerprint density at radius 2 is 1.79 bits per heavy atom. The summed E-state index contributed by atoms with van der Waals surface area (Å²) in [5, 5.41) is -0.197. The van der Waals surface area contributed by atoms with E-state index in [1.807, 2.05) is 4.72 Å². The number of nitrogens with zero attached hydrogens (tertiary/aromatic N) is 3. The summed E-state index contributed by atoms with van der Waals surface area (Å²) < 4.78 is 104. The summed E-state index contributed by atoms with van der Waals surface area (Å²) in [6.45, 7) is 0. The van der Waals surface area contributed by atoms with Crippen molar-refractivity contribution >= 4 is 32.6 Å². The zero-order chi connectivity index (χ0) is 24.6. The van der Waals surface area contributed by atoms with Gasteiger partial charge in [0.15, 0.2) is 11.6 Å². The first-order chi connectivity index (χ1) is 15.3. The molecular formula is C18H13F5N4O4S2. The van der Waals surface area contributed by atoms with E-state index < -0.39 is 61.3 Å². The number of benzene rings is 2. The average molecular weight is 508 g/mol. The lowest BCUT2D eigenvalue weighted by Gasteiger charge is -2.16. The summed E-state index contributed by atoms with van der Waals surface area (Å²) in [4.78, 5) is 15.6. The van der Waals surface area contributed by atoms with Gasteiger partial charge in [-0.1, -0.05) is 0 Å². The highest BCUT2D eigenvalue weighted by molar-refractivity contribution is 7.93. The zero-order valence-corrected chi connectivity index (χ0v) is 18.3. The van der Waals surface area contributed by atoms with Gasteiger partial charge < -0.3 is 9.64 Å². The van der Waals surface area contributed by atoms with Gasteiger partial charge in [-0.3, -0.25) is 9.52 Å². The van der Waals surface area contributed by atoms with E-state index in [-0.39, 0.29) is 5.13 Å². The molecule has 0 aliphatic heterocycles. The molecule has 1 aromatic heterocycles. The Kier molecular flexibility index (Phi) is 6.56. The SMILES string of the molecule is CN(C)C(=O)c1cc(Oc2cc(F)c(S(=O)(=O)Nc3ncns3)cc2F)cc(C(F)(F)F)c1. The quantitative estimate of drug-likeness (QED) is 0.503. The third-order valence-corrected chi connectivity index (χ3v) is 6.04. The third-order valence-electron chi connectivity index (χ3n) is 3.97. The highest BCUT2D eigenvalue weighted by Crippen LogP contribution is 2.36. The van der Waals surface area contributed by atoms with E-state index in [4.69, 9.17) is 4.74 Å². The molecule has 0 aliphatic carbocycles. The number of nitrogens with one attached hydrogen (secondary N) is 1. The summed E-state index contributed by atoms with van der Waals surface area (Å²) in [6, 6.07) is 2.65. The topological polar surface area (TPSA) is 101 Å². The lowest BCUT2D eigenvalue weighted by atomic mass is 10.1. The van der Waals surface area contributed by atoms with Crippen LogP contribution in [0.2, 0.25) is 0 Å². The van der Waals surface area contributed by atoms with Crippen LogP contribution < -0.4 is 9.46 Å². The molecule has 33 heavy (non-hydrogen) atoms. The minimum Gasteiger partial charge on any atom is -0.454 e. The van der Waals surface area contributed by atoms with Crippen LogP contribution in [0.25, 0.3) is 0 Å². The molecule has 1 heterocycles. The molecule has 0 saturated heterocycles. The number of alkyl halides is 3. The van der Waals surface area contributed by atoms with Gasteiger partial charge in [-0.05, 0) is 18.2 Å². The maximum Gasteiger partial charge on any atom is 0.416 e. The maximum atomic E-state index is 14.5. The van der Waals surface area contributed by atoms with E-state index in [0.29, 0.717) is 35.8 Å². The number of halogens is 5. The minimum atomic E-state index is -4.86. The molecule has 176 valence electrons. The number of carbonyl (C=O) groups excluding carboxylic acids is 1. The smallest absolute Gasteiger partial charge is 0.416 e. The van der Waals surface area contributed by atoms with Crippen molar-refractivity contribution in [3.8, 4) is 11.5 Å². The number of rotatable bonds is 6. The number of hydrogen-bond acceptors (Lipinski definition) is 7. The van der Waals surface area contributed by atoms with Crippen LogP contribution in [0.3, 0.4) is 0 Å². The van der Waals surface area contributed by atoms with Crippen molar-refractivity contribution in [1.29, 1.82) is 0 Å². The molecule has 1 N–H and O–H groups in total. The molecule has 0 atom stereocenters. The van der Waals surface area contributed by atoms with Crippen molar-refractivity contribution in [3.05, 3.63) is 59.4 Å². The summed E-state index contributed by atoms with van der Waals surface area (Å²) in [6.07, 6.45) is -3.82. The van der Waals surface area contributed by atoms with E-state index in [1.54, 1.807) is 0 Å². The van der Waals surface area contributed by atoms with Crippen molar-refractivity contribution in [2.75, 3.05) is 18.8 Å². The molecule has 1 amide bonds. The van der Waals surface area contributed by atoms with Gasteiger partial charge in [0.25, 0.3) is 15.9 Å². The Bertz CT molecular complexity index is 1300. The first-order valence-corrected chi connectivity index (χ1v) is 10.9. The summed E-state index contributed by atoms with van der Waals surface area (Å²) in [5.74, 6) is -5.13. The van der Waals surface area contributed by atoms with E-state index in [1.165, 1.54) is 14.1 Å². The second-order valence-corrected chi connectivity index (χ2v) is 9.04. The number of aromatic nitrogens is 2. The molecule has 0 spiro atoms. The predicted octanol–water partition coefficient (Wildman–Crippen LogP) is 4.13. The standard InChI is InChI=1S/C18H13F5N4O4S2/c1-27(2)16(28)9-3-10(18(21,22)23)5-11(4-9)31-14-6-13(20)15(7-12(14)19)33(29,30)26-17-24-8-25-32-17/h3-8H,1-2H3,(H,24,25,26). The number of hydrogen-bond donors (Lipinski definition) is 1. The van der Waals surface area contributed by atoms with E-state index in [2.05, 4.69) is 9.36 Å². The fourth-order valence-corrected chi connectivity index (χ4v) is 4.25. The van der Waals surface area contributed by atoms with Crippen LogP contribution in [-0.2, 0) is 16.2 Å². The molecule has 2 aromatic carbocycles. The van der Waals surface area contributed by atoms with Gasteiger partial charge >= 0.3 is 6.18 Å². The molecule has 15 heteroatoms. The van der Waals surface area contributed by atoms with Crippen molar-refractivity contribution < 1.29 is 39.9 Å². The molecule has 0 aliphatic rings. The Hall–Kier alpha value is -3.33. The lowest BCUT2D eigenvalue weighted by Crippen LogP contribution is -2.22. The van der Waals surface area contributed by atoms with Crippen LogP contribution in [-0.4, -0.2) is 42.7 Å². The molecule has 0 bridgehead atoms. The maximum absolute atomic E-state index is 14.5. The van der Waals surface area contributed by atoms with Crippen molar-refractivity contribution in [1.82, 2.24) is 14.3 Å². The van der Waals surface area contributed by atoms with Crippen LogP contribution in [0, 0.1) is 11.6 Å². The molecule has 0 radical (unpaired) electrons. The summed E-state index contributed by atoms with van der Waals surface area (Å²) in [7, 11) is -1.97. The number of sulfonamides is 1. The van der Waals surface area contributed by atoms with E-state index in [0.717, 1.165) is 17.3 Å². The van der Waals surface area contributed by atoms with Gasteiger partial charge in [0.05, 0.1) is 5.56 Å². The Balaban J connectivity index is 1.99. The Labute approximate surface area is 187 Å². The molecule has 8 nitrogen and oxygen atoms in total. The largest absolute Gasteiger partial charge is 0.454 e. The van der Waals surface area contributed by atoms with Gasteiger partial charge in [-0.15, -0.1) is 0 Å². The van der Waals surface area contributed by atoms with Gasteiger partial charge in [-0.2, -0.15) is 17.5 Å². The number of anilines is 1. The second-order valence-electron chi connectivity index (χ2n) is 6.61. The second kappa shape index (κ2) is 8.90. The van der Waals surface area contributed by atoms with Crippen LogP contribution in [0.5, 0.6) is 11.5 Å².